The van der Waals surface area contributed by atoms with Crippen LogP contribution in [0.1, 0.15) is 5.56 Å². The number of nitrogens with zero attached hydrogens (tertiary/aromatic N) is 3. The first-order valence-corrected chi connectivity index (χ1v) is 11.8. The summed E-state index contributed by atoms with van der Waals surface area (Å²) in [5.74, 6) is 0. The van der Waals surface area contributed by atoms with Gasteiger partial charge in [0.25, 0.3) is 0 Å². The van der Waals surface area contributed by atoms with Crippen LogP contribution in [0.2, 0.25) is 0 Å². The van der Waals surface area contributed by atoms with Gasteiger partial charge in [0, 0.05) is 33.4 Å². The van der Waals surface area contributed by atoms with Crippen molar-refractivity contribution in [1.82, 2.24) is 4.98 Å². The Bertz CT molecular complexity index is 1520. The third-order valence-corrected chi connectivity index (χ3v) is 7.14. The van der Waals surface area contributed by atoms with Crippen LogP contribution >= 0.6 is 11.8 Å². The van der Waals surface area contributed by atoms with Crippen LogP contribution in [-0.4, -0.2) is 4.98 Å². The molecule has 0 fully saturated rings. The van der Waals surface area contributed by atoms with Gasteiger partial charge in [0.15, 0.2) is 0 Å². The van der Waals surface area contributed by atoms with Gasteiger partial charge in [0.2, 0.25) is 0 Å². The fourth-order valence-electron chi connectivity index (χ4n) is 4.48. The summed E-state index contributed by atoms with van der Waals surface area (Å²) in [6.07, 6.45) is 3.37. The molecular weight excluding hydrogens is 434 g/mol. The van der Waals surface area contributed by atoms with Crippen LogP contribution in [0.5, 0.6) is 0 Å². The normalized spacial score (nSPS) is 11.9. The van der Waals surface area contributed by atoms with E-state index in [4.69, 9.17) is 0 Å². The third-order valence-electron chi connectivity index (χ3n) is 6.01. The van der Waals surface area contributed by atoms with Crippen molar-refractivity contribution in [3.8, 4) is 28.3 Å². The molecule has 0 saturated heterocycles. The largest absolute Gasteiger partial charge is 0.308 e. The van der Waals surface area contributed by atoms with Crippen molar-refractivity contribution >= 4 is 28.8 Å². The first-order valence-electron chi connectivity index (χ1n) is 11.0. The van der Waals surface area contributed by atoms with Crippen LogP contribution in [0.3, 0.4) is 0 Å². The molecule has 0 bridgehead atoms. The fraction of sp³-hybridized carbons (Fsp3) is 0. The van der Waals surface area contributed by atoms with Crippen LogP contribution in [0.25, 0.3) is 22.3 Å². The summed E-state index contributed by atoms with van der Waals surface area (Å²) in [6, 6.07) is 38.1. The standard InChI is InChI=1S/C30H19N3S/c31-19-22-20-32-17-16-25(22)26-11-2-1-10-24(26)21-8-7-9-23(18-21)33-27-12-3-5-14-29(27)34-30-15-6-4-13-28(30)33/h1-18,20H. The average molecular weight is 454 g/mol. The van der Waals surface area contributed by atoms with Crippen molar-refractivity contribution < 1.29 is 0 Å². The fourth-order valence-corrected chi connectivity index (χ4v) is 5.54. The second-order valence-corrected chi connectivity index (χ2v) is 9.09. The van der Waals surface area contributed by atoms with Gasteiger partial charge in [0.05, 0.1) is 16.9 Å². The molecule has 0 unspecified atom stereocenters. The Morgan fingerprint density at radius 3 is 2.09 bits per heavy atom. The molecule has 1 aliphatic rings. The minimum Gasteiger partial charge on any atom is -0.308 e. The van der Waals surface area contributed by atoms with Gasteiger partial charge >= 0.3 is 0 Å². The highest BCUT2D eigenvalue weighted by Crippen LogP contribution is 2.51. The zero-order valence-electron chi connectivity index (χ0n) is 18.2. The summed E-state index contributed by atoms with van der Waals surface area (Å²) in [7, 11) is 0. The van der Waals surface area contributed by atoms with Crippen LogP contribution < -0.4 is 4.90 Å². The number of rotatable bonds is 3. The Kier molecular flexibility index (Phi) is 5.10. The molecular formula is C30H19N3S. The van der Waals surface area contributed by atoms with Crippen LogP contribution in [0, 0.1) is 11.3 Å². The van der Waals surface area contributed by atoms with Crippen molar-refractivity contribution in [3.63, 3.8) is 0 Å². The maximum Gasteiger partial charge on any atom is 0.101 e. The molecule has 0 atom stereocenters. The lowest BCUT2D eigenvalue weighted by molar-refractivity contribution is 1.17. The molecule has 34 heavy (non-hydrogen) atoms. The Morgan fingerprint density at radius 1 is 0.676 bits per heavy atom. The van der Waals surface area contributed by atoms with E-state index in [2.05, 4.69) is 101 Å². The topological polar surface area (TPSA) is 39.9 Å². The Labute approximate surface area is 203 Å². The summed E-state index contributed by atoms with van der Waals surface area (Å²) in [5, 5.41) is 9.64. The minimum atomic E-state index is 0.571. The molecule has 1 aliphatic heterocycles. The van der Waals surface area contributed by atoms with Gasteiger partial charge in [-0.05, 0) is 59.2 Å². The molecule has 5 aromatic rings. The molecule has 3 nitrogen and oxygen atoms in total. The molecule has 0 amide bonds. The number of nitriles is 1. The number of aromatic nitrogens is 1. The molecule has 0 radical (unpaired) electrons. The zero-order valence-corrected chi connectivity index (χ0v) is 19.0. The number of hydrogen-bond acceptors (Lipinski definition) is 4. The Hall–Kier alpha value is -4.33. The molecule has 1 aromatic heterocycles. The van der Waals surface area contributed by atoms with Gasteiger partial charge < -0.3 is 4.90 Å². The maximum absolute atomic E-state index is 9.64. The van der Waals surface area contributed by atoms with Gasteiger partial charge in [-0.15, -0.1) is 0 Å². The second-order valence-electron chi connectivity index (χ2n) is 8.00. The van der Waals surface area contributed by atoms with Gasteiger partial charge in [-0.2, -0.15) is 5.26 Å². The molecule has 0 spiro atoms. The summed E-state index contributed by atoms with van der Waals surface area (Å²) in [4.78, 5) is 8.94. The van der Waals surface area contributed by atoms with E-state index in [1.54, 1.807) is 12.4 Å². The van der Waals surface area contributed by atoms with Crippen molar-refractivity contribution in [1.29, 1.82) is 5.26 Å². The molecule has 6 rings (SSSR count). The minimum absolute atomic E-state index is 0.571. The highest BCUT2D eigenvalue weighted by molar-refractivity contribution is 7.99. The van der Waals surface area contributed by atoms with Crippen LogP contribution in [-0.2, 0) is 0 Å². The van der Waals surface area contributed by atoms with E-state index in [1.165, 1.54) is 21.2 Å². The van der Waals surface area contributed by atoms with Crippen LogP contribution in [0.15, 0.2) is 125 Å². The molecule has 2 heterocycles. The summed E-state index contributed by atoms with van der Waals surface area (Å²) in [6.45, 7) is 0. The molecule has 160 valence electrons. The SMILES string of the molecule is N#Cc1cnccc1-c1ccccc1-c1cccc(N2c3ccccc3Sc3ccccc32)c1. The first kappa shape index (κ1) is 20.3. The lowest BCUT2D eigenvalue weighted by atomic mass is 9.92. The van der Waals surface area contributed by atoms with Gasteiger partial charge in [0.1, 0.15) is 6.07 Å². The lowest BCUT2D eigenvalue weighted by Gasteiger charge is -2.33. The monoisotopic (exact) mass is 453 g/mol. The zero-order chi connectivity index (χ0) is 22.9. The quantitative estimate of drug-likeness (QED) is 0.271. The van der Waals surface area contributed by atoms with E-state index in [1.807, 2.05) is 30.0 Å². The number of anilines is 3. The Morgan fingerprint density at radius 2 is 1.35 bits per heavy atom. The maximum atomic E-state index is 9.64. The first-order chi connectivity index (χ1) is 16.8. The number of fused-ring (bicyclic) bond motifs is 2. The number of para-hydroxylation sites is 2. The smallest absolute Gasteiger partial charge is 0.101 e. The number of hydrogen-bond donors (Lipinski definition) is 0. The predicted molar refractivity (Wildman–Crippen MR) is 139 cm³/mol. The van der Waals surface area contributed by atoms with E-state index >= 15 is 0 Å². The van der Waals surface area contributed by atoms with Crippen LogP contribution in [0.4, 0.5) is 17.1 Å². The van der Waals surface area contributed by atoms with E-state index in [9.17, 15) is 5.26 Å². The highest BCUT2D eigenvalue weighted by atomic mass is 32.2. The highest BCUT2D eigenvalue weighted by Gasteiger charge is 2.24. The van der Waals surface area contributed by atoms with E-state index in [0.29, 0.717) is 5.56 Å². The molecule has 0 N–H and O–H groups in total. The van der Waals surface area contributed by atoms with Gasteiger partial charge in [-0.3, -0.25) is 4.98 Å². The average Bonchev–Trinajstić information content (AvgIpc) is 2.91. The molecule has 4 heteroatoms. The summed E-state index contributed by atoms with van der Waals surface area (Å²) < 4.78 is 0. The third kappa shape index (κ3) is 3.44. The van der Waals surface area contributed by atoms with Crippen molar-refractivity contribution in [2.75, 3.05) is 4.90 Å². The molecule has 0 aliphatic carbocycles. The van der Waals surface area contributed by atoms with Crippen molar-refractivity contribution in [2.24, 2.45) is 0 Å². The number of benzene rings is 4. The Balaban J connectivity index is 1.52. The molecule has 4 aromatic carbocycles. The van der Waals surface area contributed by atoms with Gasteiger partial charge in [-0.25, -0.2) is 0 Å². The summed E-state index contributed by atoms with van der Waals surface area (Å²) >= 11 is 1.81. The van der Waals surface area contributed by atoms with E-state index in [-0.39, 0.29) is 0 Å². The van der Waals surface area contributed by atoms with Crippen molar-refractivity contribution in [3.05, 3.63) is 121 Å². The second kappa shape index (κ2) is 8.55. The molecule has 0 saturated carbocycles. The van der Waals surface area contributed by atoms with Gasteiger partial charge in [-0.1, -0.05) is 72.4 Å². The van der Waals surface area contributed by atoms with Crippen molar-refractivity contribution in [2.45, 2.75) is 9.79 Å². The lowest BCUT2D eigenvalue weighted by Crippen LogP contribution is -2.14. The number of pyridine rings is 1. The predicted octanol–water partition coefficient (Wildman–Crippen LogP) is 8.22. The van der Waals surface area contributed by atoms with E-state index < -0.39 is 0 Å². The van der Waals surface area contributed by atoms with E-state index in [0.717, 1.165) is 27.9 Å². The summed E-state index contributed by atoms with van der Waals surface area (Å²) in [5.41, 5.74) is 8.12.